The van der Waals surface area contributed by atoms with Crippen LogP contribution in [0.5, 0.6) is 0 Å². The monoisotopic (exact) mass is 315 g/mol. The van der Waals surface area contributed by atoms with Crippen molar-refractivity contribution in [2.24, 2.45) is 5.73 Å². The predicted octanol–water partition coefficient (Wildman–Crippen LogP) is 3.41. The van der Waals surface area contributed by atoms with E-state index in [4.69, 9.17) is 5.73 Å². The van der Waals surface area contributed by atoms with E-state index < -0.39 is 16.6 Å². The van der Waals surface area contributed by atoms with Crippen molar-refractivity contribution < 1.29 is 14.7 Å². The summed E-state index contributed by atoms with van der Waals surface area (Å²) in [5.41, 5.74) is 7.52. The number of carboxylic acid groups (broad SMARTS) is 1. The molecule has 0 saturated heterocycles. The molecule has 0 bridgehead atoms. The Hall–Kier alpha value is -2.27. The van der Waals surface area contributed by atoms with E-state index in [0.29, 0.717) is 5.56 Å². The van der Waals surface area contributed by atoms with Crippen molar-refractivity contribution in [2.75, 3.05) is 0 Å². The van der Waals surface area contributed by atoms with Gasteiger partial charge in [0.15, 0.2) is 0 Å². The number of thioether (sulfide) groups is 1. The van der Waals surface area contributed by atoms with E-state index in [-0.39, 0.29) is 0 Å². The number of carboxylic acids is 1. The zero-order valence-electron chi connectivity index (χ0n) is 12.4. The molecule has 114 valence electrons. The minimum Gasteiger partial charge on any atom is -0.480 e. The van der Waals surface area contributed by atoms with Gasteiger partial charge in [-0.2, -0.15) is 0 Å². The molecule has 0 fully saturated rings. The van der Waals surface area contributed by atoms with Crippen molar-refractivity contribution in [1.29, 1.82) is 0 Å². The number of nitrogens with two attached hydrogens (primary N) is 1. The highest BCUT2D eigenvalue weighted by molar-refractivity contribution is 8.01. The van der Waals surface area contributed by atoms with E-state index in [1.54, 1.807) is 26.0 Å². The maximum absolute atomic E-state index is 11.3. The minimum absolute atomic E-state index is 0.444. The lowest BCUT2D eigenvalue weighted by molar-refractivity contribution is -0.138. The summed E-state index contributed by atoms with van der Waals surface area (Å²) < 4.78 is -0.927. The number of aliphatic carboxylic acids is 1. The van der Waals surface area contributed by atoms with Crippen molar-refractivity contribution in [3.8, 4) is 11.1 Å². The first kappa shape index (κ1) is 16.1. The summed E-state index contributed by atoms with van der Waals surface area (Å²) in [4.78, 5) is 23.3. The first-order chi connectivity index (χ1) is 10.3. The lowest BCUT2D eigenvalue weighted by Gasteiger charge is -2.20. The van der Waals surface area contributed by atoms with Crippen LogP contribution in [0.25, 0.3) is 11.1 Å². The Kier molecular flexibility index (Phi) is 4.56. The summed E-state index contributed by atoms with van der Waals surface area (Å²) in [5.74, 6) is -1.34. The summed E-state index contributed by atoms with van der Waals surface area (Å²) in [6.45, 7) is 3.35. The van der Waals surface area contributed by atoms with Crippen molar-refractivity contribution >= 4 is 23.6 Å². The third-order valence-corrected chi connectivity index (χ3v) is 4.51. The van der Waals surface area contributed by atoms with Gasteiger partial charge < -0.3 is 10.8 Å². The van der Waals surface area contributed by atoms with Crippen LogP contribution < -0.4 is 5.73 Å². The minimum atomic E-state index is -0.927. The molecule has 0 spiro atoms. The molecule has 0 atom stereocenters. The van der Waals surface area contributed by atoms with Gasteiger partial charge in [0.05, 0.1) is 0 Å². The molecule has 2 aromatic carbocycles. The van der Waals surface area contributed by atoms with Crippen molar-refractivity contribution in [3.05, 3.63) is 54.1 Å². The third-order valence-electron chi connectivity index (χ3n) is 3.25. The molecular formula is C17H17NO3S. The molecular weight excluding hydrogens is 298 g/mol. The molecule has 5 heteroatoms. The zero-order chi connectivity index (χ0) is 16.3. The van der Waals surface area contributed by atoms with E-state index in [1.807, 2.05) is 36.4 Å². The van der Waals surface area contributed by atoms with Crippen LogP contribution in [0.4, 0.5) is 0 Å². The summed E-state index contributed by atoms with van der Waals surface area (Å²) >= 11 is 1.29. The highest BCUT2D eigenvalue weighted by atomic mass is 32.2. The van der Waals surface area contributed by atoms with Crippen LogP contribution in [0.1, 0.15) is 24.2 Å². The fourth-order valence-electron chi connectivity index (χ4n) is 1.93. The zero-order valence-corrected chi connectivity index (χ0v) is 13.2. The molecule has 0 radical (unpaired) electrons. The van der Waals surface area contributed by atoms with E-state index in [9.17, 15) is 14.7 Å². The Morgan fingerprint density at radius 3 is 2.18 bits per heavy atom. The van der Waals surface area contributed by atoms with Crippen LogP contribution in [0.2, 0.25) is 0 Å². The topological polar surface area (TPSA) is 80.4 Å². The van der Waals surface area contributed by atoms with Gasteiger partial charge in [-0.3, -0.25) is 9.59 Å². The van der Waals surface area contributed by atoms with Crippen molar-refractivity contribution in [3.63, 3.8) is 0 Å². The molecule has 0 unspecified atom stereocenters. The number of carbonyl (C=O) groups is 2. The van der Waals surface area contributed by atoms with Gasteiger partial charge in [0.25, 0.3) is 0 Å². The third kappa shape index (κ3) is 3.49. The summed E-state index contributed by atoms with van der Waals surface area (Å²) in [6, 6.07) is 14.6. The summed E-state index contributed by atoms with van der Waals surface area (Å²) in [5, 5.41) is 9.29. The van der Waals surface area contributed by atoms with Crippen LogP contribution in [0.15, 0.2) is 53.4 Å². The Morgan fingerprint density at radius 1 is 1.05 bits per heavy atom. The fraction of sp³-hybridized carbons (Fsp3) is 0.176. The van der Waals surface area contributed by atoms with Crippen molar-refractivity contribution in [1.82, 2.24) is 0 Å². The average molecular weight is 315 g/mol. The average Bonchev–Trinajstić information content (AvgIpc) is 2.47. The number of rotatable bonds is 5. The molecule has 3 N–H and O–H groups in total. The van der Waals surface area contributed by atoms with Crippen LogP contribution in [-0.4, -0.2) is 21.7 Å². The highest BCUT2D eigenvalue weighted by Crippen LogP contribution is 2.38. The molecule has 22 heavy (non-hydrogen) atoms. The largest absolute Gasteiger partial charge is 0.480 e. The Bertz CT molecular complexity index is 708. The van der Waals surface area contributed by atoms with Gasteiger partial charge in [-0.1, -0.05) is 30.3 Å². The second kappa shape index (κ2) is 6.23. The van der Waals surface area contributed by atoms with E-state index in [2.05, 4.69) is 0 Å². The van der Waals surface area contributed by atoms with Gasteiger partial charge in [-0.05, 0) is 43.2 Å². The number of amides is 1. The molecule has 1 amide bonds. The van der Waals surface area contributed by atoms with Gasteiger partial charge in [0.1, 0.15) is 4.75 Å². The van der Waals surface area contributed by atoms with Crippen LogP contribution in [0, 0.1) is 0 Å². The molecule has 2 aromatic rings. The molecule has 0 aromatic heterocycles. The second-order valence-electron chi connectivity index (χ2n) is 5.36. The molecule has 0 aliphatic rings. The highest BCUT2D eigenvalue weighted by Gasteiger charge is 2.29. The van der Waals surface area contributed by atoms with Gasteiger partial charge in [0, 0.05) is 10.5 Å². The smallest absolute Gasteiger partial charge is 0.319 e. The first-order valence-electron chi connectivity index (χ1n) is 6.73. The van der Waals surface area contributed by atoms with Gasteiger partial charge in [0.2, 0.25) is 5.91 Å². The Balaban J connectivity index is 2.40. The molecule has 0 heterocycles. The maximum atomic E-state index is 11.3. The number of hydrogen-bond donors (Lipinski definition) is 2. The standard InChI is InChI=1S/C17H17NO3S/c1-17(2,16(20)21)22-14-6-4-3-5-13(14)11-7-9-12(10-8-11)15(18)19/h3-10H,1-2H3,(H2,18,19)(H,20,21). The van der Waals surface area contributed by atoms with Gasteiger partial charge in [-0.25, -0.2) is 0 Å². The molecule has 0 aliphatic heterocycles. The lowest BCUT2D eigenvalue weighted by Crippen LogP contribution is -2.26. The quantitative estimate of drug-likeness (QED) is 0.829. The van der Waals surface area contributed by atoms with Crippen LogP contribution >= 0.6 is 11.8 Å². The van der Waals surface area contributed by atoms with Crippen LogP contribution in [-0.2, 0) is 4.79 Å². The molecule has 0 saturated carbocycles. The Morgan fingerprint density at radius 2 is 1.64 bits per heavy atom. The SMILES string of the molecule is CC(C)(Sc1ccccc1-c1ccc(C(N)=O)cc1)C(=O)O. The van der Waals surface area contributed by atoms with Gasteiger partial charge in [-0.15, -0.1) is 11.8 Å². The van der Waals surface area contributed by atoms with Crippen LogP contribution in [0.3, 0.4) is 0 Å². The first-order valence-corrected chi connectivity index (χ1v) is 7.54. The second-order valence-corrected chi connectivity index (χ2v) is 7.02. The van der Waals surface area contributed by atoms with E-state index in [0.717, 1.165) is 16.0 Å². The van der Waals surface area contributed by atoms with Crippen molar-refractivity contribution in [2.45, 2.75) is 23.5 Å². The Labute approximate surface area is 133 Å². The number of primary amides is 1. The fourth-order valence-corrected chi connectivity index (χ4v) is 3.01. The van der Waals surface area contributed by atoms with E-state index in [1.165, 1.54) is 11.8 Å². The van der Waals surface area contributed by atoms with E-state index >= 15 is 0 Å². The summed E-state index contributed by atoms with van der Waals surface area (Å²) in [7, 11) is 0. The molecule has 0 aliphatic carbocycles. The van der Waals surface area contributed by atoms with Gasteiger partial charge >= 0.3 is 5.97 Å². The number of benzene rings is 2. The summed E-state index contributed by atoms with van der Waals surface area (Å²) in [6.07, 6.45) is 0. The number of carbonyl (C=O) groups excluding carboxylic acids is 1. The number of hydrogen-bond acceptors (Lipinski definition) is 3. The normalized spacial score (nSPS) is 11.2. The maximum Gasteiger partial charge on any atom is 0.319 e. The predicted molar refractivity (Wildman–Crippen MR) is 88.0 cm³/mol. The molecule has 4 nitrogen and oxygen atoms in total. The lowest BCUT2D eigenvalue weighted by atomic mass is 10.0. The molecule has 2 rings (SSSR count).